The van der Waals surface area contributed by atoms with Crippen molar-refractivity contribution in [1.82, 2.24) is 9.80 Å². The minimum absolute atomic E-state index is 0.312. The molecule has 0 bridgehead atoms. The molecule has 2 fully saturated rings. The van der Waals surface area contributed by atoms with Gasteiger partial charge in [0.25, 0.3) is 0 Å². The van der Waals surface area contributed by atoms with E-state index in [1.165, 1.54) is 0 Å². The molecule has 2 heterocycles. The molecular weight excluding hydrogens is 172 g/mol. The van der Waals surface area contributed by atoms with Gasteiger partial charge in [-0.05, 0) is 14.0 Å². The molecule has 0 N–H and O–H groups in total. The quantitative estimate of drug-likeness (QED) is 0.593. The van der Waals surface area contributed by atoms with E-state index in [1.54, 1.807) is 0 Å². The number of thiol groups is 1. The van der Waals surface area contributed by atoms with Crippen molar-refractivity contribution in [3.63, 3.8) is 0 Å². The summed E-state index contributed by atoms with van der Waals surface area (Å²) >= 11 is 4.43. The van der Waals surface area contributed by atoms with Crippen LogP contribution in [0.1, 0.15) is 6.92 Å². The zero-order valence-electron chi connectivity index (χ0n) is 7.60. The molecule has 12 heavy (non-hydrogen) atoms. The van der Waals surface area contributed by atoms with Crippen molar-refractivity contribution in [2.45, 2.75) is 24.4 Å². The van der Waals surface area contributed by atoms with E-state index in [0.29, 0.717) is 17.5 Å². The fourth-order valence-electron chi connectivity index (χ4n) is 2.09. The molecule has 3 unspecified atom stereocenters. The predicted octanol–water partition coefficient (Wildman–Crippen LogP) is 0.234. The third-order valence-electron chi connectivity index (χ3n) is 2.76. The molecule has 70 valence electrons. The van der Waals surface area contributed by atoms with Crippen LogP contribution in [-0.4, -0.2) is 54.2 Å². The highest BCUT2D eigenvalue weighted by Crippen LogP contribution is 2.26. The van der Waals surface area contributed by atoms with Crippen LogP contribution in [0.2, 0.25) is 0 Å². The second-order valence-corrected chi connectivity index (χ2v) is 4.52. The molecular formula is C8H16N2OS. The standard InChI is InChI=1S/C8H16N2OS/c1-6(12)10-5-11-8-4-9(2)3-7(8)10/h6-8,12H,3-5H2,1-2H3. The first kappa shape index (κ1) is 8.81. The minimum Gasteiger partial charge on any atom is -0.360 e. The van der Waals surface area contributed by atoms with Gasteiger partial charge in [-0.3, -0.25) is 4.90 Å². The van der Waals surface area contributed by atoms with Crippen molar-refractivity contribution < 1.29 is 4.74 Å². The zero-order chi connectivity index (χ0) is 8.72. The van der Waals surface area contributed by atoms with E-state index in [0.717, 1.165) is 19.8 Å². The Morgan fingerprint density at radius 1 is 1.50 bits per heavy atom. The summed E-state index contributed by atoms with van der Waals surface area (Å²) in [4.78, 5) is 4.63. The Morgan fingerprint density at radius 2 is 2.25 bits per heavy atom. The molecule has 2 rings (SSSR count). The Morgan fingerprint density at radius 3 is 2.92 bits per heavy atom. The highest BCUT2D eigenvalue weighted by atomic mass is 32.1. The largest absolute Gasteiger partial charge is 0.360 e. The SMILES string of the molecule is CC(S)N1COC2CN(C)CC21. The lowest BCUT2D eigenvalue weighted by atomic mass is 10.2. The predicted molar refractivity (Wildman–Crippen MR) is 51.3 cm³/mol. The average Bonchev–Trinajstić information content (AvgIpc) is 2.43. The number of rotatable bonds is 1. The molecule has 3 atom stereocenters. The van der Waals surface area contributed by atoms with Gasteiger partial charge in [-0.1, -0.05) is 0 Å². The van der Waals surface area contributed by atoms with Gasteiger partial charge >= 0.3 is 0 Å². The van der Waals surface area contributed by atoms with Crippen molar-refractivity contribution in [3.8, 4) is 0 Å². The van der Waals surface area contributed by atoms with E-state index < -0.39 is 0 Å². The zero-order valence-corrected chi connectivity index (χ0v) is 8.50. The number of hydrogen-bond acceptors (Lipinski definition) is 4. The van der Waals surface area contributed by atoms with Crippen molar-refractivity contribution >= 4 is 12.6 Å². The Labute approximate surface area is 79.1 Å². The lowest BCUT2D eigenvalue weighted by molar-refractivity contribution is 0.0755. The summed E-state index contributed by atoms with van der Waals surface area (Å²) in [6.45, 7) is 5.05. The molecule has 0 aromatic carbocycles. The number of nitrogens with zero attached hydrogens (tertiary/aromatic N) is 2. The molecule has 2 saturated heterocycles. The molecule has 2 aliphatic heterocycles. The van der Waals surface area contributed by atoms with Crippen molar-refractivity contribution in [3.05, 3.63) is 0 Å². The van der Waals surface area contributed by atoms with E-state index in [-0.39, 0.29) is 0 Å². The number of fused-ring (bicyclic) bond motifs is 1. The summed E-state index contributed by atoms with van der Waals surface area (Å²) < 4.78 is 5.66. The highest BCUT2D eigenvalue weighted by molar-refractivity contribution is 7.80. The van der Waals surface area contributed by atoms with Crippen LogP contribution in [0, 0.1) is 0 Å². The minimum atomic E-state index is 0.312. The van der Waals surface area contributed by atoms with E-state index in [4.69, 9.17) is 4.74 Å². The number of hydrogen-bond donors (Lipinski definition) is 1. The lowest BCUT2D eigenvalue weighted by Gasteiger charge is -2.24. The monoisotopic (exact) mass is 188 g/mol. The normalized spacial score (nSPS) is 40.2. The highest BCUT2D eigenvalue weighted by Gasteiger charge is 2.42. The maximum atomic E-state index is 5.66. The number of ether oxygens (including phenoxy) is 1. The first-order chi connectivity index (χ1) is 5.68. The first-order valence-corrected chi connectivity index (χ1v) is 4.94. The third kappa shape index (κ3) is 1.37. The Hall–Kier alpha value is 0.230. The number of likely N-dealkylation sites (N-methyl/N-ethyl adjacent to an activating group) is 1. The Kier molecular flexibility index (Phi) is 2.33. The summed E-state index contributed by atoms with van der Waals surface area (Å²) in [5.74, 6) is 0. The van der Waals surface area contributed by atoms with Crippen LogP contribution in [0.4, 0.5) is 0 Å². The van der Waals surface area contributed by atoms with Crippen LogP contribution in [0.25, 0.3) is 0 Å². The van der Waals surface area contributed by atoms with Gasteiger partial charge in [0.2, 0.25) is 0 Å². The van der Waals surface area contributed by atoms with Gasteiger partial charge in [-0.2, -0.15) is 12.6 Å². The molecule has 0 aromatic rings. The molecule has 0 radical (unpaired) electrons. The van der Waals surface area contributed by atoms with Crippen LogP contribution in [-0.2, 0) is 4.74 Å². The van der Waals surface area contributed by atoms with Crippen LogP contribution < -0.4 is 0 Å². The maximum absolute atomic E-state index is 5.66. The molecule has 0 spiro atoms. The molecule has 4 heteroatoms. The van der Waals surface area contributed by atoms with Crippen molar-refractivity contribution in [1.29, 1.82) is 0 Å². The lowest BCUT2D eigenvalue weighted by Crippen LogP contribution is -2.39. The topological polar surface area (TPSA) is 15.7 Å². The fourth-order valence-corrected chi connectivity index (χ4v) is 2.32. The van der Waals surface area contributed by atoms with Crippen molar-refractivity contribution in [2.75, 3.05) is 26.9 Å². The van der Waals surface area contributed by atoms with Crippen LogP contribution in [0.5, 0.6) is 0 Å². The van der Waals surface area contributed by atoms with Crippen LogP contribution >= 0.6 is 12.6 Å². The summed E-state index contributed by atoms with van der Waals surface area (Å²) in [5.41, 5.74) is 0. The van der Waals surface area contributed by atoms with E-state index in [1.807, 2.05) is 0 Å². The molecule has 0 aromatic heterocycles. The Bertz CT molecular complexity index is 176. The van der Waals surface area contributed by atoms with Crippen LogP contribution in [0.3, 0.4) is 0 Å². The molecule has 0 aliphatic carbocycles. The smallest absolute Gasteiger partial charge is 0.101 e. The van der Waals surface area contributed by atoms with Crippen molar-refractivity contribution in [2.24, 2.45) is 0 Å². The third-order valence-corrected chi connectivity index (χ3v) is 3.06. The summed E-state index contributed by atoms with van der Waals surface area (Å²) in [5, 5.41) is 0.312. The summed E-state index contributed by atoms with van der Waals surface area (Å²) in [7, 11) is 2.14. The Balaban J connectivity index is 2.03. The molecule has 2 aliphatic rings. The summed E-state index contributed by atoms with van der Waals surface area (Å²) in [6, 6.07) is 0.572. The molecule has 3 nitrogen and oxygen atoms in total. The van der Waals surface area contributed by atoms with Gasteiger partial charge in [0.1, 0.15) is 6.73 Å². The first-order valence-electron chi connectivity index (χ1n) is 4.42. The van der Waals surface area contributed by atoms with Gasteiger partial charge in [0.15, 0.2) is 0 Å². The maximum Gasteiger partial charge on any atom is 0.101 e. The van der Waals surface area contributed by atoms with Gasteiger partial charge in [-0.25, -0.2) is 0 Å². The molecule has 0 amide bonds. The summed E-state index contributed by atoms with van der Waals surface area (Å²) in [6.07, 6.45) is 0.421. The average molecular weight is 188 g/mol. The molecule has 0 saturated carbocycles. The van der Waals surface area contributed by atoms with Crippen LogP contribution in [0.15, 0.2) is 0 Å². The second-order valence-electron chi connectivity index (χ2n) is 3.77. The number of likely N-dealkylation sites (tertiary alicyclic amines) is 1. The van der Waals surface area contributed by atoms with Gasteiger partial charge in [0.05, 0.1) is 17.5 Å². The van der Waals surface area contributed by atoms with E-state index >= 15 is 0 Å². The van der Waals surface area contributed by atoms with Gasteiger partial charge in [-0.15, -0.1) is 0 Å². The fraction of sp³-hybridized carbons (Fsp3) is 1.00. The van der Waals surface area contributed by atoms with E-state index in [9.17, 15) is 0 Å². The second kappa shape index (κ2) is 3.18. The van der Waals surface area contributed by atoms with Gasteiger partial charge in [0, 0.05) is 13.1 Å². The van der Waals surface area contributed by atoms with Gasteiger partial charge < -0.3 is 9.64 Å². The van der Waals surface area contributed by atoms with E-state index in [2.05, 4.69) is 36.4 Å².